The zero-order chi connectivity index (χ0) is 22.9. The van der Waals surface area contributed by atoms with Crippen molar-refractivity contribution >= 4 is 40.0 Å². The van der Waals surface area contributed by atoms with Crippen LogP contribution in [0.25, 0.3) is 27.7 Å². The molecule has 1 aliphatic heterocycles. The number of amides is 2. The van der Waals surface area contributed by atoms with Crippen molar-refractivity contribution in [2.75, 3.05) is 13.1 Å². The number of carbonyl (C=O) groups excluding carboxylic acids is 2. The third-order valence-corrected chi connectivity index (χ3v) is 6.23. The molecule has 1 atom stereocenters. The number of hydrogen-bond acceptors (Lipinski definition) is 5. The number of aromatic nitrogens is 5. The van der Waals surface area contributed by atoms with Gasteiger partial charge in [-0.3, -0.25) is 9.59 Å². The number of pyridine rings is 1. The average Bonchev–Trinajstić information content (AvgIpc) is 3.56. The Morgan fingerprint density at radius 3 is 3.06 bits per heavy atom. The highest BCUT2D eigenvalue weighted by Crippen LogP contribution is 2.36. The zero-order valence-electron chi connectivity index (χ0n) is 17.8. The summed E-state index contributed by atoms with van der Waals surface area (Å²) in [5, 5.41) is 12.9. The summed E-state index contributed by atoms with van der Waals surface area (Å²) in [6, 6.07) is 5.35. The second-order valence-corrected chi connectivity index (χ2v) is 8.34. The molecule has 0 unspecified atom stereocenters. The number of aromatic amines is 1. The number of carbonyl (C=O) groups is 2. The molecule has 1 saturated heterocycles. The molecule has 0 radical (unpaired) electrons. The zero-order valence-corrected chi connectivity index (χ0v) is 18.5. The second-order valence-electron chi connectivity index (χ2n) is 7.93. The molecule has 4 aromatic rings. The highest BCUT2D eigenvalue weighted by atomic mass is 35.5. The molecule has 2 N–H and O–H groups in total. The third kappa shape index (κ3) is 3.84. The van der Waals surface area contributed by atoms with Gasteiger partial charge in [0.1, 0.15) is 11.7 Å². The van der Waals surface area contributed by atoms with E-state index in [0.717, 1.165) is 34.1 Å². The summed E-state index contributed by atoms with van der Waals surface area (Å²) in [4.78, 5) is 33.9. The number of hydrogen-bond donors (Lipinski definition) is 2. The highest BCUT2D eigenvalue weighted by Gasteiger charge is 2.32. The van der Waals surface area contributed by atoms with Gasteiger partial charge in [0, 0.05) is 54.1 Å². The van der Waals surface area contributed by atoms with Crippen molar-refractivity contribution < 1.29 is 9.59 Å². The molecule has 0 spiro atoms. The van der Waals surface area contributed by atoms with Crippen LogP contribution in [-0.4, -0.2) is 60.6 Å². The first kappa shape index (κ1) is 21.1. The van der Waals surface area contributed by atoms with Crippen LogP contribution in [0.4, 0.5) is 0 Å². The van der Waals surface area contributed by atoms with Crippen LogP contribution < -0.4 is 5.32 Å². The summed E-state index contributed by atoms with van der Waals surface area (Å²) in [5.74, 6) is -0.346. The Labute approximate surface area is 194 Å². The van der Waals surface area contributed by atoms with Gasteiger partial charge in [0.15, 0.2) is 0 Å². The van der Waals surface area contributed by atoms with E-state index in [4.69, 9.17) is 11.6 Å². The van der Waals surface area contributed by atoms with Gasteiger partial charge in [-0.1, -0.05) is 18.2 Å². The summed E-state index contributed by atoms with van der Waals surface area (Å²) < 4.78 is 1.56. The van der Waals surface area contributed by atoms with Gasteiger partial charge >= 0.3 is 0 Å². The van der Waals surface area contributed by atoms with Gasteiger partial charge < -0.3 is 15.2 Å². The Morgan fingerprint density at radius 2 is 2.21 bits per heavy atom. The van der Waals surface area contributed by atoms with Crippen LogP contribution in [0.2, 0.25) is 5.02 Å². The van der Waals surface area contributed by atoms with Gasteiger partial charge in [0.2, 0.25) is 11.8 Å². The number of fused-ring (bicyclic) bond motifs is 2. The maximum Gasteiger partial charge on any atom is 0.246 e. The summed E-state index contributed by atoms with van der Waals surface area (Å²) in [6.45, 7) is 4.53. The van der Waals surface area contributed by atoms with Crippen LogP contribution in [0.1, 0.15) is 18.5 Å². The average molecular weight is 464 g/mol. The van der Waals surface area contributed by atoms with Gasteiger partial charge in [-0.25, -0.2) is 4.98 Å². The van der Waals surface area contributed by atoms with Gasteiger partial charge in [-0.2, -0.15) is 14.8 Å². The molecule has 0 aliphatic carbocycles. The molecule has 0 aromatic carbocycles. The van der Waals surface area contributed by atoms with Crippen molar-refractivity contribution in [2.24, 2.45) is 0 Å². The molecular weight excluding hydrogens is 442 g/mol. The maximum atomic E-state index is 12.6. The van der Waals surface area contributed by atoms with Crippen molar-refractivity contribution in [3.63, 3.8) is 0 Å². The quantitative estimate of drug-likeness (QED) is 0.427. The van der Waals surface area contributed by atoms with Crippen LogP contribution in [0.3, 0.4) is 0 Å². The van der Waals surface area contributed by atoms with E-state index in [1.807, 2.05) is 18.2 Å². The van der Waals surface area contributed by atoms with Crippen LogP contribution in [0.15, 0.2) is 49.4 Å². The Morgan fingerprint density at radius 1 is 1.33 bits per heavy atom. The first-order valence-corrected chi connectivity index (χ1v) is 11.1. The first-order chi connectivity index (χ1) is 16.1. The van der Waals surface area contributed by atoms with Crippen LogP contribution in [0, 0.1) is 0 Å². The van der Waals surface area contributed by atoms with Crippen LogP contribution in [-0.2, 0) is 16.0 Å². The maximum absolute atomic E-state index is 12.6. The van der Waals surface area contributed by atoms with Crippen LogP contribution >= 0.6 is 11.6 Å². The molecule has 33 heavy (non-hydrogen) atoms. The van der Waals surface area contributed by atoms with E-state index >= 15 is 0 Å². The molecule has 1 aliphatic rings. The van der Waals surface area contributed by atoms with E-state index in [1.54, 1.807) is 28.1 Å². The van der Waals surface area contributed by atoms with Crippen molar-refractivity contribution in [3.05, 3.63) is 60.2 Å². The monoisotopic (exact) mass is 463 g/mol. The highest BCUT2D eigenvalue weighted by molar-refractivity contribution is 6.35. The molecule has 0 bridgehead atoms. The van der Waals surface area contributed by atoms with E-state index in [1.165, 1.54) is 6.08 Å². The summed E-state index contributed by atoms with van der Waals surface area (Å²) in [5.41, 5.74) is 4.17. The van der Waals surface area contributed by atoms with E-state index in [2.05, 4.69) is 32.1 Å². The van der Waals surface area contributed by atoms with Gasteiger partial charge in [0.25, 0.3) is 0 Å². The van der Waals surface area contributed by atoms with Crippen molar-refractivity contribution in [2.45, 2.75) is 25.3 Å². The summed E-state index contributed by atoms with van der Waals surface area (Å²) in [6.07, 6.45) is 8.35. The predicted molar refractivity (Wildman–Crippen MR) is 125 cm³/mol. The molecule has 5 heterocycles. The third-order valence-electron chi connectivity index (χ3n) is 5.95. The predicted octanol–water partition coefficient (Wildman–Crippen LogP) is 2.76. The number of nitrogens with one attached hydrogen (secondary N) is 2. The smallest absolute Gasteiger partial charge is 0.246 e. The van der Waals surface area contributed by atoms with E-state index < -0.39 is 6.04 Å². The standard InChI is InChI=1S/C23H22ClN7O2/c1-2-20(32)30-10-4-6-19(30)23(33)25-9-7-14-11-15-21(17(24)13-26-22(15)29-14)16-12-28-31-18(16)5-3-8-27-31/h2-3,5,8,11-13,19H,1,4,6-7,9-10H2,(H,25,33)(H,26,29)/t19-/m1/s1. The lowest BCUT2D eigenvalue weighted by atomic mass is 10.1. The molecule has 0 saturated carbocycles. The van der Waals surface area contributed by atoms with E-state index in [-0.39, 0.29) is 11.8 Å². The lowest BCUT2D eigenvalue weighted by Crippen LogP contribution is -2.45. The second kappa shape index (κ2) is 8.67. The summed E-state index contributed by atoms with van der Waals surface area (Å²) in [7, 11) is 0. The normalized spacial score (nSPS) is 15.9. The van der Waals surface area contributed by atoms with E-state index in [0.29, 0.717) is 36.6 Å². The van der Waals surface area contributed by atoms with Crippen LogP contribution in [0.5, 0.6) is 0 Å². The lowest BCUT2D eigenvalue weighted by molar-refractivity contribution is -0.135. The SMILES string of the molecule is C=CC(=O)N1CCC[C@@H]1C(=O)NCCc1cc2c(-c3cnn4ncccc34)c(Cl)cnc2[nH]1. The molecule has 2 amide bonds. The molecule has 10 heteroatoms. The Balaban J connectivity index is 1.34. The number of rotatable bonds is 6. The fourth-order valence-electron chi connectivity index (χ4n) is 4.40. The summed E-state index contributed by atoms with van der Waals surface area (Å²) >= 11 is 6.54. The molecule has 168 valence electrons. The minimum absolute atomic E-state index is 0.139. The lowest BCUT2D eigenvalue weighted by Gasteiger charge is -2.22. The van der Waals surface area contributed by atoms with Gasteiger partial charge in [-0.05, 0) is 37.1 Å². The van der Waals surface area contributed by atoms with Gasteiger partial charge in [-0.15, -0.1) is 0 Å². The fourth-order valence-corrected chi connectivity index (χ4v) is 4.65. The van der Waals surface area contributed by atoms with Crippen molar-refractivity contribution in [3.8, 4) is 11.1 Å². The Kier molecular flexibility index (Phi) is 5.55. The van der Waals surface area contributed by atoms with Crippen molar-refractivity contribution in [1.82, 2.24) is 35.0 Å². The molecule has 5 rings (SSSR count). The molecule has 9 nitrogen and oxygen atoms in total. The number of likely N-dealkylation sites (tertiary alicyclic amines) is 1. The van der Waals surface area contributed by atoms with Crippen molar-refractivity contribution in [1.29, 1.82) is 0 Å². The van der Waals surface area contributed by atoms with Gasteiger partial charge in [0.05, 0.1) is 16.7 Å². The minimum atomic E-state index is -0.436. The Hall–Kier alpha value is -3.72. The topological polar surface area (TPSA) is 108 Å². The minimum Gasteiger partial charge on any atom is -0.354 e. The Bertz CT molecular complexity index is 1380. The molecule has 4 aromatic heterocycles. The number of halogens is 1. The first-order valence-electron chi connectivity index (χ1n) is 10.7. The number of nitrogens with zero attached hydrogens (tertiary/aromatic N) is 5. The molecule has 1 fully saturated rings. The fraction of sp³-hybridized carbons (Fsp3) is 0.261. The number of H-pyrrole nitrogens is 1. The van der Waals surface area contributed by atoms with E-state index in [9.17, 15) is 9.59 Å². The molecular formula is C23H22ClN7O2. The largest absolute Gasteiger partial charge is 0.354 e.